The molecule has 1 aromatic rings. The Morgan fingerprint density at radius 3 is 3.21 bits per heavy atom. The molecule has 0 amide bonds. The average molecular weight is 335 g/mol. The Labute approximate surface area is 141 Å². The van der Waals surface area contributed by atoms with Gasteiger partial charge < -0.3 is 10.0 Å². The van der Waals surface area contributed by atoms with Crippen molar-refractivity contribution in [1.82, 2.24) is 0 Å². The van der Waals surface area contributed by atoms with Gasteiger partial charge in [-0.15, -0.1) is 11.8 Å². The second-order valence-corrected chi connectivity index (χ2v) is 8.71. The van der Waals surface area contributed by atoms with Crippen molar-refractivity contribution < 1.29 is 9.90 Å². The number of hydrogen-bond acceptors (Lipinski definition) is 6. The molecule has 1 aromatic carbocycles. The Hall–Kier alpha value is -2.08. The maximum absolute atomic E-state index is 12.8. The summed E-state index contributed by atoms with van der Waals surface area (Å²) in [5, 5.41) is 12.8. The van der Waals surface area contributed by atoms with Crippen LogP contribution in [0.15, 0.2) is 21.0 Å². The first-order valence-electron chi connectivity index (χ1n) is 8.41. The van der Waals surface area contributed by atoms with E-state index in [1.54, 1.807) is 11.8 Å². The largest absolute Gasteiger partial charge is 0.504 e. The Balaban J connectivity index is 1.78. The minimum atomic E-state index is -0.117. The molecule has 1 spiro atoms. The molecule has 0 radical (unpaired) electrons. The molecule has 1 saturated heterocycles. The van der Waals surface area contributed by atoms with Crippen LogP contribution in [-0.4, -0.2) is 35.1 Å². The van der Waals surface area contributed by atoms with Crippen molar-refractivity contribution >= 4 is 40.7 Å². The Morgan fingerprint density at radius 2 is 2.29 bits per heavy atom. The molecule has 5 aliphatic heterocycles. The molecule has 1 aliphatic carbocycles. The molecule has 3 bridgehead atoms. The monoisotopic (exact) mass is 335 g/mol. The zero-order valence-electron chi connectivity index (χ0n) is 12.7. The van der Waals surface area contributed by atoms with Gasteiger partial charge in [0.15, 0.2) is 11.5 Å². The van der Waals surface area contributed by atoms with E-state index in [-0.39, 0.29) is 28.4 Å². The van der Waals surface area contributed by atoms with Gasteiger partial charge in [0.25, 0.3) is 0 Å². The topological polar surface area (TPSA) is 65.3 Å². The number of benzene rings is 1. The fourth-order valence-electron chi connectivity index (χ4n) is 5.57. The summed E-state index contributed by atoms with van der Waals surface area (Å²) in [4.78, 5) is 25.6. The third-order valence-electron chi connectivity index (χ3n) is 6.50. The van der Waals surface area contributed by atoms with E-state index in [0.29, 0.717) is 5.69 Å². The number of aromatic hydroxyl groups is 1. The molecule has 6 aliphatic rings. The van der Waals surface area contributed by atoms with Gasteiger partial charge in [-0.25, -0.2) is 0 Å². The van der Waals surface area contributed by atoms with Crippen molar-refractivity contribution in [1.29, 1.82) is 0 Å². The Morgan fingerprint density at radius 1 is 1.38 bits per heavy atom. The lowest BCUT2D eigenvalue weighted by Gasteiger charge is -2.50. The lowest BCUT2D eigenvalue weighted by atomic mass is 9.64. The average Bonchev–Trinajstić information content (AvgIpc) is 3.11. The van der Waals surface area contributed by atoms with Crippen LogP contribution in [0.2, 0.25) is 0 Å². The van der Waals surface area contributed by atoms with Crippen molar-refractivity contribution in [2.24, 2.45) is 9.98 Å². The predicted octanol–water partition coefficient (Wildman–Crippen LogP) is 1.04. The van der Waals surface area contributed by atoms with Crippen LogP contribution in [0, 0.1) is 0 Å². The minimum absolute atomic E-state index is 0.0673. The molecule has 5 heterocycles. The standard InChI is InChI=1S/C18H13N3O2S/c22-9-3-10-18-4-8(9)21-2-1-7-6-19-14-12(7)16(21)13(18)15(17(14)23)20-11(5-18)24-10/h3,6,8,11,23H,1-2,4-5H2/t8?,11?,18-/m0/s1. The van der Waals surface area contributed by atoms with Crippen molar-refractivity contribution in [2.45, 2.75) is 36.1 Å². The lowest BCUT2D eigenvalue weighted by molar-refractivity contribution is -0.117. The molecule has 24 heavy (non-hydrogen) atoms. The zero-order valence-corrected chi connectivity index (χ0v) is 13.6. The highest BCUT2D eigenvalue weighted by Crippen LogP contribution is 2.62. The summed E-state index contributed by atoms with van der Waals surface area (Å²) in [6.07, 6.45) is 6.42. The number of ketones is 1. The normalized spacial score (nSPS) is 35.3. The molecular formula is C18H13N3O2S. The van der Waals surface area contributed by atoms with Crippen LogP contribution in [0.1, 0.15) is 24.8 Å². The first kappa shape index (κ1) is 12.3. The van der Waals surface area contributed by atoms with Crippen LogP contribution in [0.5, 0.6) is 5.75 Å². The molecule has 6 heteroatoms. The van der Waals surface area contributed by atoms with Crippen LogP contribution in [-0.2, 0) is 10.2 Å². The third-order valence-corrected chi connectivity index (χ3v) is 7.81. The van der Waals surface area contributed by atoms with Crippen molar-refractivity contribution in [3.63, 3.8) is 0 Å². The summed E-state index contributed by atoms with van der Waals surface area (Å²) in [6.45, 7) is 0.844. The lowest BCUT2D eigenvalue weighted by Crippen LogP contribution is -2.58. The number of phenols is 1. The van der Waals surface area contributed by atoms with Gasteiger partial charge in [-0.1, -0.05) is 0 Å². The molecule has 0 aromatic heterocycles. The predicted molar refractivity (Wildman–Crippen MR) is 91.6 cm³/mol. The number of fused-ring (bicyclic) bond motifs is 3. The molecule has 5 nitrogen and oxygen atoms in total. The summed E-state index contributed by atoms with van der Waals surface area (Å²) in [6, 6.07) is -0.0673. The van der Waals surface area contributed by atoms with Crippen molar-refractivity contribution in [3.05, 3.63) is 27.1 Å². The molecule has 0 saturated carbocycles. The first-order chi connectivity index (χ1) is 11.7. The second kappa shape index (κ2) is 3.47. The Bertz CT molecular complexity index is 1100. The summed E-state index contributed by atoms with van der Waals surface area (Å²) in [5.74, 6) is 0.463. The van der Waals surface area contributed by atoms with Crippen molar-refractivity contribution in [3.8, 4) is 5.75 Å². The van der Waals surface area contributed by atoms with Crippen LogP contribution in [0.25, 0.3) is 5.57 Å². The number of rotatable bonds is 0. The molecular weight excluding hydrogens is 322 g/mol. The van der Waals surface area contributed by atoms with E-state index < -0.39 is 0 Å². The molecule has 1 fully saturated rings. The second-order valence-electron chi connectivity index (χ2n) is 7.49. The number of aliphatic imine (C=N–C) groups is 1. The SMILES string of the molecule is O=C1C=C2SC3C[C@@]24CC1N1CCC2=c5c(c(O)c(c4c51)=N3)N=C2. The summed E-state index contributed by atoms with van der Waals surface area (Å²) < 4.78 is 0. The minimum Gasteiger partial charge on any atom is -0.504 e. The van der Waals surface area contributed by atoms with Gasteiger partial charge >= 0.3 is 0 Å². The van der Waals surface area contributed by atoms with Gasteiger partial charge in [0.05, 0.1) is 11.7 Å². The molecule has 118 valence electrons. The van der Waals surface area contributed by atoms with E-state index in [4.69, 9.17) is 4.99 Å². The van der Waals surface area contributed by atoms with Gasteiger partial charge in [0, 0.05) is 33.9 Å². The number of nitrogens with zero attached hydrogens (tertiary/aromatic N) is 3. The Kier molecular flexibility index (Phi) is 1.78. The van der Waals surface area contributed by atoms with Gasteiger partial charge in [0.1, 0.15) is 16.4 Å². The van der Waals surface area contributed by atoms with E-state index in [0.717, 1.165) is 52.5 Å². The molecule has 2 unspecified atom stereocenters. The highest BCUT2D eigenvalue weighted by molar-refractivity contribution is 8.04. The molecule has 1 N–H and O–H groups in total. The smallest absolute Gasteiger partial charge is 0.178 e. The zero-order chi connectivity index (χ0) is 15.8. The molecule has 3 atom stereocenters. The van der Waals surface area contributed by atoms with Crippen LogP contribution >= 0.6 is 11.8 Å². The van der Waals surface area contributed by atoms with Crippen LogP contribution in [0.4, 0.5) is 11.4 Å². The fraction of sp³-hybridized carbons (Fsp3) is 0.389. The summed E-state index contributed by atoms with van der Waals surface area (Å²) >= 11 is 1.71. The number of carbonyl (C=O) groups excluding carboxylic acids is 1. The number of thioether (sulfide) groups is 1. The number of phenolic OH excluding ortho intramolecular Hbond substituents is 1. The number of hydrogen-bond donors (Lipinski definition) is 1. The van der Waals surface area contributed by atoms with E-state index in [1.165, 1.54) is 5.57 Å². The number of allylic oxidation sites excluding steroid dienone is 1. The van der Waals surface area contributed by atoms with Crippen LogP contribution < -0.4 is 15.5 Å². The van der Waals surface area contributed by atoms with E-state index in [9.17, 15) is 9.90 Å². The quantitative estimate of drug-likeness (QED) is 0.769. The van der Waals surface area contributed by atoms with E-state index >= 15 is 0 Å². The van der Waals surface area contributed by atoms with Gasteiger partial charge in [0.2, 0.25) is 0 Å². The summed E-state index contributed by atoms with van der Waals surface area (Å²) in [7, 11) is 0. The van der Waals surface area contributed by atoms with Gasteiger partial charge in [-0.3, -0.25) is 14.8 Å². The fourth-order valence-corrected chi connectivity index (χ4v) is 7.07. The summed E-state index contributed by atoms with van der Waals surface area (Å²) in [5.41, 5.74) is 4.03. The van der Waals surface area contributed by atoms with Gasteiger partial charge in [-0.2, -0.15) is 0 Å². The number of carbonyl (C=O) groups is 1. The third kappa shape index (κ3) is 1.06. The van der Waals surface area contributed by atoms with E-state index in [2.05, 4.69) is 9.89 Å². The van der Waals surface area contributed by atoms with E-state index in [1.807, 2.05) is 12.3 Å². The van der Waals surface area contributed by atoms with Crippen LogP contribution in [0.3, 0.4) is 0 Å². The maximum Gasteiger partial charge on any atom is 0.178 e. The number of anilines is 1. The molecule has 7 rings (SSSR count). The highest BCUT2D eigenvalue weighted by atomic mass is 32.2. The maximum atomic E-state index is 12.8. The first-order valence-corrected chi connectivity index (χ1v) is 9.29. The van der Waals surface area contributed by atoms with Crippen molar-refractivity contribution in [2.75, 3.05) is 11.4 Å². The highest BCUT2D eigenvalue weighted by Gasteiger charge is 2.59. The van der Waals surface area contributed by atoms with Gasteiger partial charge in [-0.05, 0) is 30.9 Å².